The fraction of sp³-hybridized carbons (Fsp3) is 1.00. The molecule has 1 aliphatic carbocycles. The molecule has 1 aliphatic rings. The Bertz CT molecular complexity index is 153. The van der Waals surface area contributed by atoms with Crippen molar-refractivity contribution in [2.45, 2.75) is 64.7 Å². The van der Waals surface area contributed by atoms with Gasteiger partial charge in [0.25, 0.3) is 0 Å². The molecular weight excluding hydrogens is 192 g/mol. The summed E-state index contributed by atoms with van der Waals surface area (Å²) in [5.41, 5.74) is 0. The second-order valence-corrected chi connectivity index (χ2v) is 5.67. The van der Waals surface area contributed by atoms with E-state index in [1.165, 1.54) is 38.5 Å². The van der Waals surface area contributed by atoms with E-state index in [0.29, 0.717) is 5.38 Å². The maximum absolute atomic E-state index is 6.41. The van der Waals surface area contributed by atoms with Crippen molar-refractivity contribution in [2.75, 3.05) is 0 Å². The molecule has 14 heavy (non-hydrogen) atoms. The summed E-state index contributed by atoms with van der Waals surface area (Å²) in [6.45, 7) is 6.97. The van der Waals surface area contributed by atoms with Gasteiger partial charge >= 0.3 is 0 Å². The van der Waals surface area contributed by atoms with E-state index in [1.807, 2.05) is 0 Å². The highest BCUT2D eigenvalue weighted by Gasteiger charge is 2.28. The molecular formula is C13H25Cl. The molecule has 4 atom stereocenters. The first-order valence-electron chi connectivity index (χ1n) is 6.31. The summed E-state index contributed by atoms with van der Waals surface area (Å²) in [7, 11) is 0. The van der Waals surface area contributed by atoms with Gasteiger partial charge in [0.1, 0.15) is 0 Å². The highest BCUT2D eigenvalue weighted by atomic mass is 35.5. The quantitative estimate of drug-likeness (QED) is 0.589. The molecule has 0 aliphatic heterocycles. The van der Waals surface area contributed by atoms with E-state index in [2.05, 4.69) is 20.8 Å². The van der Waals surface area contributed by atoms with Gasteiger partial charge < -0.3 is 0 Å². The molecule has 0 radical (unpaired) electrons. The summed E-state index contributed by atoms with van der Waals surface area (Å²) < 4.78 is 0. The summed E-state index contributed by atoms with van der Waals surface area (Å²) in [4.78, 5) is 0. The minimum absolute atomic E-state index is 0.465. The van der Waals surface area contributed by atoms with E-state index < -0.39 is 0 Å². The molecule has 0 saturated heterocycles. The van der Waals surface area contributed by atoms with Crippen LogP contribution in [0.1, 0.15) is 59.3 Å². The van der Waals surface area contributed by atoms with Crippen molar-refractivity contribution < 1.29 is 0 Å². The van der Waals surface area contributed by atoms with Crippen molar-refractivity contribution in [1.82, 2.24) is 0 Å². The highest BCUT2D eigenvalue weighted by molar-refractivity contribution is 6.20. The Morgan fingerprint density at radius 1 is 1.29 bits per heavy atom. The molecule has 0 N–H and O–H groups in total. The van der Waals surface area contributed by atoms with Crippen LogP contribution in [0.5, 0.6) is 0 Å². The van der Waals surface area contributed by atoms with Gasteiger partial charge in [-0.25, -0.2) is 0 Å². The number of halogens is 1. The predicted molar refractivity (Wildman–Crippen MR) is 64.8 cm³/mol. The maximum Gasteiger partial charge on any atom is 0.0364 e. The zero-order valence-electron chi connectivity index (χ0n) is 9.93. The van der Waals surface area contributed by atoms with Crippen molar-refractivity contribution in [3.8, 4) is 0 Å². The summed E-state index contributed by atoms with van der Waals surface area (Å²) in [5.74, 6) is 2.61. The molecule has 84 valence electrons. The summed E-state index contributed by atoms with van der Waals surface area (Å²) >= 11 is 6.41. The Morgan fingerprint density at radius 2 is 2.00 bits per heavy atom. The van der Waals surface area contributed by atoms with Crippen molar-refractivity contribution in [3.05, 3.63) is 0 Å². The second kappa shape index (κ2) is 6.00. The lowest BCUT2D eigenvalue weighted by atomic mass is 9.76. The minimum Gasteiger partial charge on any atom is -0.123 e. The average Bonchev–Trinajstić information content (AvgIpc) is 2.21. The van der Waals surface area contributed by atoms with E-state index >= 15 is 0 Å². The summed E-state index contributed by atoms with van der Waals surface area (Å²) in [6.07, 6.45) is 8.00. The van der Waals surface area contributed by atoms with Gasteiger partial charge in [0, 0.05) is 5.38 Å². The fourth-order valence-electron chi connectivity index (χ4n) is 2.62. The topological polar surface area (TPSA) is 0 Å². The Labute approximate surface area is 94.4 Å². The van der Waals surface area contributed by atoms with Crippen LogP contribution in [-0.4, -0.2) is 5.38 Å². The molecule has 0 heterocycles. The molecule has 0 aromatic rings. The molecule has 1 fully saturated rings. The summed E-state index contributed by atoms with van der Waals surface area (Å²) in [5, 5.41) is 0.465. The zero-order valence-corrected chi connectivity index (χ0v) is 10.7. The SMILES string of the molecule is CCC(C)CC1CC(CC)CCC1Cl. The molecule has 0 bridgehead atoms. The lowest BCUT2D eigenvalue weighted by Gasteiger charge is -2.34. The minimum atomic E-state index is 0.465. The predicted octanol–water partition coefficient (Wildman–Crippen LogP) is 4.86. The van der Waals surface area contributed by atoms with Crippen molar-refractivity contribution >= 4 is 11.6 Å². The molecule has 0 aromatic carbocycles. The van der Waals surface area contributed by atoms with Gasteiger partial charge in [-0.05, 0) is 43.4 Å². The van der Waals surface area contributed by atoms with Gasteiger partial charge in [-0.3, -0.25) is 0 Å². The van der Waals surface area contributed by atoms with E-state index in [9.17, 15) is 0 Å². The number of rotatable bonds is 4. The van der Waals surface area contributed by atoms with Gasteiger partial charge in [0.05, 0.1) is 0 Å². The molecule has 0 spiro atoms. The molecule has 0 aromatic heterocycles. The van der Waals surface area contributed by atoms with Gasteiger partial charge in [-0.15, -0.1) is 11.6 Å². The third-order valence-corrected chi connectivity index (χ3v) is 4.55. The van der Waals surface area contributed by atoms with E-state index in [0.717, 1.165) is 17.8 Å². The molecule has 4 unspecified atom stereocenters. The van der Waals surface area contributed by atoms with Crippen LogP contribution in [0.4, 0.5) is 0 Å². The third kappa shape index (κ3) is 3.46. The van der Waals surface area contributed by atoms with Crippen molar-refractivity contribution in [1.29, 1.82) is 0 Å². The maximum atomic E-state index is 6.41. The van der Waals surface area contributed by atoms with Crippen LogP contribution in [0.15, 0.2) is 0 Å². The van der Waals surface area contributed by atoms with Gasteiger partial charge in [0.15, 0.2) is 0 Å². The Kier molecular flexibility index (Phi) is 5.30. The Hall–Kier alpha value is 0.290. The monoisotopic (exact) mass is 216 g/mol. The van der Waals surface area contributed by atoms with E-state index in [1.54, 1.807) is 0 Å². The first-order valence-corrected chi connectivity index (χ1v) is 6.75. The fourth-order valence-corrected chi connectivity index (χ4v) is 2.95. The van der Waals surface area contributed by atoms with Crippen LogP contribution < -0.4 is 0 Å². The van der Waals surface area contributed by atoms with Crippen LogP contribution >= 0.6 is 11.6 Å². The normalized spacial score (nSPS) is 35.6. The number of hydrogen-bond acceptors (Lipinski definition) is 0. The Balaban J connectivity index is 2.40. The van der Waals surface area contributed by atoms with Crippen LogP contribution in [0, 0.1) is 17.8 Å². The smallest absolute Gasteiger partial charge is 0.0364 e. The number of hydrogen-bond donors (Lipinski definition) is 0. The van der Waals surface area contributed by atoms with E-state index in [-0.39, 0.29) is 0 Å². The average molecular weight is 217 g/mol. The summed E-state index contributed by atoms with van der Waals surface area (Å²) in [6, 6.07) is 0. The standard InChI is InChI=1S/C13H25Cl/c1-4-10(3)8-12-9-11(5-2)6-7-13(12)14/h10-13H,4-9H2,1-3H3. The molecule has 0 nitrogen and oxygen atoms in total. The lowest BCUT2D eigenvalue weighted by Crippen LogP contribution is -2.26. The second-order valence-electron chi connectivity index (χ2n) is 5.11. The molecule has 1 heteroatoms. The molecule has 0 amide bonds. The lowest BCUT2D eigenvalue weighted by molar-refractivity contribution is 0.230. The van der Waals surface area contributed by atoms with Crippen molar-refractivity contribution in [2.24, 2.45) is 17.8 Å². The largest absolute Gasteiger partial charge is 0.123 e. The van der Waals surface area contributed by atoms with Gasteiger partial charge in [-0.1, -0.05) is 33.6 Å². The van der Waals surface area contributed by atoms with Crippen LogP contribution in [0.3, 0.4) is 0 Å². The third-order valence-electron chi connectivity index (χ3n) is 3.98. The van der Waals surface area contributed by atoms with Crippen LogP contribution in [0.25, 0.3) is 0 Å². The first kappa shape index (κ1) is 12.4. The first-order chi connectivity index (χ1) is 6.67. The zero-order chi connectivity index (χ0) is 10.6. The van der Waals surface area contributed by atoms with Gasteiger partial charge in [0.2, 0.25) is 0 Å². The van der Waals surface area contributed by atoms with Gasteiger partial charge in [-0.2, -0.15) is 0 Å². The number of alkyl halides is 1. The molecule has 1 saturated carbocycles. The molecule has 1 rings (SSSR count). The Morgan fingerprint density at radius 3 is 2.57 bits per heavy atom. The highest BCUT2D eigenvalue weighted by Crippen LogP contribution is 2.37. The van der Waals surface area contributed by atoms with Crippen LogP contribution in [0.2, 0.25) is 0 Å². The van der Waals surface area contributed by atoms with E-state index in [4.69, 9.17) is 11.6 Å². The van der Waals surface area contributed by atoms with Crippen LogP contribution in [-0.2, 0) is 0 Å². The van der Waals surface area contributed by atoms with Crippen molar-refractivity contribution in [3.63, 3.8) is 0 Å².